The van der Waals surface area contributed by atoms with Crippen molar-refractivity contribution < 1.29 is 23.1 Å². The van der Waals surface area contributed by atoms with Crippen LogP contribution in [0.25, 0.3) is 0 Å². The lowest BCUT2D eigenvalue weighted by Gasteiger charge is -2.28. The van der Waals surface area contributed by atoms with Gasteiger partial charge in [0.15, 0.2) is 0 Å². The van der Waals surface area contributed by atoms with Crippen LogP contribution in [0, 0.1) is 12.8 Å². The molecule has 1 aromatic rings. The van der Waals surface area contributed by atoms with E-state index < -0.39 is 28.3 Å². The molecule has 0 bridgehead atoms. The van der Waals surface area contributed by atoms with Crippen molar-refractivity contribution in [3.63, 3.8) is 0 Å². The van der Waals surface area contributed by atoms with Crippen LogP contribution in [0.2, 0.25) is 5.02 Å². The first-order valence-electron chi connectivity index (χ1n) is 7.19. The molecule has 1 N–H and O–H groups in total. The van der Waals surface area contributed by atoms with Crippen LogP contribution in [0.5, 0.6) is 0 Å². The van der Waals surface area contributed by atoms with Gasteiger partial charge in [-0.2, -0.15) is 0 Å². The number of aryl methyl sites for hydroxylation is 1. The second-order valence-corrected chi connectivity index (χ2v) is 8.39. The van der Waals surface area contributed by atoms with Crippen molar-refractivity contribution >= 4 is 39.0 Å². The summed E-state index contributed by atoms with van der Waals surface area (Å²) in [4.78, 5) is 25.0. The standard InChI is InChI=1S/C15H18ClNO5S/c1-10-8-12(2-3-13(10)16)17(9-14(18)19)15(20)11-4-6-23(21,22)7-5-11/h2-3,8,11H,4-7,9H2,1H3,(H,18,19). The number of carbonyl (C=O) groups excluding carboxylic acids is 1. The summed E-state index contributed by atoms with van der Waals surface area (Å²) in [5.74, 6) is -2.04. The fraction of sp³-hybridized carbons (Fsp3) is 0.467. The lowest BCUT2D eigenvalue weighted by atomic mass is 10.0. The molecule has 1 aliphatic heterocycles. The van der Waals surface area contributed by atoms with Gasteiger partial charge in [0.2, 0.25) is 5.91 Å². The molecule has 0 spiro atoms. The predicted molar refractivity (Wildman–Crippen MR) is 87.6 cm³/mol. The van der Waals surface area contributed by atoms with E-state index in [2.05, 4.69) is 0 Å². The fourth-order valence-corrected chi connectivity index (χ4v) is 4.19. The molecular formula is C15H18ClNO5S. The van der Waals surface area contributed by atoms with Crippen LogP contribution >= 0.6 is 11.6 Å². The molecule has 0 unspecified atom stereocenters. The van der Waals surface area contributed by atoms with Crippen molar-refractivity contribution in [3.8, 4) is 0 Å². The van der Waals surface area contributed by atoms with Gasteiger partial charge in [-0.25, -0.2) is 8.42 Å². The monoisotopic (exact) mass is 359 g/mol. The number of carboxylic acid groups (broad SMARTS) is 1. The van der Waals surface area contributed by atoms with Gasteiger partial charge in [-0.05, 0) is 43.5 Å². The third-order valence-electron chi connectivity index (χ3n) is 3.92. The molecule has 0 aromatic heterocycles. The van der Waals surface area contributed by atoms with Crippen LogP contribution < -0.4 is 4.90 Å². The van der Waals surface area contributed by atoms with Gasteiger partial charge in [0.05, 0.1) is 11.5 Å². The summed E-state index contributed by atoms with van der Waals surface area (Å²) in [7, 11) is -3.08. The number of halogens is 1. The average molecular weight is 360 g/mol. The van der Waals surface area contributed by atoms with Crippen molar-refractivity contribution in [2.45, 2.75) is 19.8 Å². The van der Waals surface area contributed by atoms with Gasteiger partial charge in [0.25, 0.3) is 0 Å². The zero-order valence-electron chi connectivity index (χ0n) is 12.7. The molecule has 1 aliphatic rings. The van der Waals surface area contributed by atoms with Crippen LogP contribution in [0.4, 0.5) is 5.69 Å². The highest BCUT2D eigenvalue weighted by atomic mass is 35.5. The molecule has 0 aliphatic carbocycles. The van der Waals surface area contributed by atoms with Gasteiger partial charge in [-0.1, -0.05) is 11.6 Å². The summed E-state index contributed by atoms with van der Waals surface area (Å²) in [6, 6.07) is 4.86. The van der Waals surface area contributed by atoms with Crippen LogP contribution in [0.15, 0.2) is 18.2 Å². The van der Waals surface area contributed by atoms with E-state index in [0.29, 0.717) is 10.7 Å². The quantitative estimate of drug-likeness (QED) is 0.886. The van der Waals surface area contributed by atoms with Gasteiger partial charge < -0.3 is 10.0 Å². The Morgan fingerprint density at radius 1 is 1.30 bits per heavy atom. The minimum Gasteiger partial charge on any atom is -0.480 e. The molecule has 1 fully saturated rings. The number of aliphatic carboxylic acids is 1. The molecule has 6 nitrogen and oxygen atoms in total. The number of carboxylic acids is 1. The van der Waals surface area contributed by atoms with Crippen LogP contribution in [-0.4, -0.2) is 43.5 Å². The van der Waals surface area contributed by atoms with E-state index in [0.717, 1.165) is 5.56 Å². The molecule has 2 rings (SSSR count). The van der Waals surface area contributed by atoms with E-state index in [9.17, 15) is 18.0 Å². The molecule has 8 heteroatoms. The molecule has 1 heterocycles. The lowest BCUT2D eigenvalue weighted by molar-refractivity contribution is -0.137. The fourth-order valence-electron chi connectivity index (χ4n) is 2.59. The van der Waals surface area contributed by atoms with Gasteiger partial charge in [0.1, 0.15) is 16.4 Å². The number of sulfone groups is 1. The first-order valence-corrected chi connectivity index (χ1v) is 9.39. The van der Waals surface area contributed by atoms with Crippen molar-refractivity contribution in [1.82, 2.24) is 0 Å². The Morgan fingerprint density at radius 3 is 2.43 bits per heavy atom. The van der Waals surface area contributed by atoms with Crippen molar-refractivity contribution in [1.29, 1.82) is 0 Å². The van der Waals surface area contributed by atoms with Crippen LogP contribution in [-0.2, 0) is 19.4 Å². The van der Waals surface area contributed by atoms with E-state index in [-0.39, 0.29) is 30.3 Å². The van der Waals surface area contributed by atoms with Crippen molar-refractivity contribution in [3.05, 3.63) is 28.8 Å². The topological polar surface area (TPSA) is 91.8 Å². The highest BCUT2D eigenvalue weighted by molar-refractivity contribution is 7.91. The molecule has 23 heavy (non-hydrogen) atoms. The van der Waals surface area contributed by atoms with Crippen molar-refractivity contribution in [2.75, 3.05) is 23.0 Å². The smallest absolute Gasteiger partial charge is 0.323 e. The van der Waals surface area contributed by atoms with E-state index >= 15 is 0 Å². The SMILES string of the molecule is Cc1cc(N(CC(=O)O)C(=O)C2CCS(=O)(=O)CC2)ccc1Cl. The summed E-state index contributed by atoms with van der Waals surface area (Å²) in [6.45, 7) is 1.30. The summed E-state index contributed by atoms with van der Waals surface area (Å²) in [6.07, 6.45) is 0.452. The zero-order valence-corrected chi connectivity index (χ0v) is 14.2. The second kappa shape index (κ2) is 6.88. The van der Waals surface area contributed by atoms with E-state index in [1.807, 2.05) is 0 Å². The summed E-state index contributed by atoms with van der Waals surface area (Å²) in [5.41, 5.74) is 1.19. The number of hydrogen-bond donors (Lipinski definition) is 1. The number of nitrogens with zero attached hydrogens (tertiary/aromatic N) is 1. The summed E-state index contributed by atoms with van der Waals surface area (Å²) in [5, 5.41) is 9.61. The highest BCUT2D eigenvalue weighted by Crippen LogP contribution is 2.27. The van der Waals surface area contributed by atoms with E-state index in [1.54, 1.807) is 25.1 Å². The Hall–Kier alpha value is -1.60. The van der Waals surface area contributed by atoms with Crippen molar-refractivity contribution in [2.24, 2.45) is 5.92 Å². The minimum atomic E-state index is -3.08. The number of benzene rings is 1. The Kier molecular flexibility index (Phi) is 5.31. The zero-order chi connectivity index (χ0) is 17.2. The predicted octanol–water partition coefficient (Wildman–Crippen LogP) is 1.89. The number of amides is 1. The third kappa shape index (κ3) is 4.45. The maximum absolute atomic E-state index is 12.7. The summed E-state index contributed by atoms with van der Waals surface area (Å²) >= 11 is 5.96. The summed E-state index contributed by atoms with van der Waals surface area (Å²) < 4.78 is 23.0. The number of rotatable bonds is 4. The van der Waals surface area contributed by atoms with Gasteiger partial charge in [-0.3, -0.25) is 9.59 Å². The first-order chi connectivity index (χ1) is 10.7. The number of hydrogen-bond acceptors (Lipinski definition) is 4. The molecular weight excluding hydrogens is 342 g/mol. The average Bonchev–Trinajstić information content (AvgIpc) is 2.47. The Morgan fingerprint density at radius 2 is 1.91 bits per heavy atom. The van der Waals surface area contributed by atoms with Gasteiger partial charge in [0, 0.05) is 16.6 Å². The molecule has 0 saturated carbocycles. The molecule has 1 amide bonds. The normalized spacial score (nSPS) is 17.7. The third-order valence-corrected chi connectivity index (χ3v) is 6.06. The van der Waals surface area contributed by atoms with Crippen LogP contribution in [0.1, 0.15) is 18.4 Å². The highest BCUT2D eigenvalue weighted by Gasteiger charge is 2.32. The maximum atomic E-state index is 12.7. The van der Waals surface area contributed by atoms with Gasteiger partial charge >= 0.3 is 5.97 Å². The van der Waals surface area contributed by atoms with E-state index in [4.69, 9.17) is 16.7 Å². The molecule has 1 aromatic carbocycles. The minimum absolute atomic E-state index is 0.0377. The molecule has 126 valence electrons. The van der Waals surface area contributed by atoms with E-state index in [1.165, 1.54) is 4.90 Å². The Bertz CT molecular complexity index is 717. The number of carbonyl (C=O) groups is 2. The number of anilines is 1. The first kappa shape index (κ1) is 17.7. The maximum Gasteiger partial charge on any atom is 0.323 e. The molecule has 0 radical (unpaired) electrons. The van der Waals surface area contributed by atoms with Crippen LogP contribution in [0.3, 0.4) is 0 Å². The lowest BCUT2D eigenvalue weighted by Crippen LogP contribution is -2.42. The largest absolute Gasteiger partial charge is 0.480 e. The van der Waals surface area contributed by atoms with Gasteiger partial charge in [-0.15, -0.1) is 0 Å². The second-order valence-electron chi connectivity index (χ2n) is 5.68. The Labute approximate surface area is 140 Å². The Balaban J connectivity index is 2.25. The molecule has 0 atom stereocenters. The molecule has 1 saturated heterocycles.